The number of halogens is 1. The molecule has 0 radical (unpaired) electrons. The minimum atomic E-state index is -3.65. The topological polar surface area (TPSA) is 86.5 Å². The summed E-state index contributed by atoms with van der Waals surface area (Å²) in [6.07, 6.45) is -0.340. The van der Waals surface area contributed by atoms with Crippen LogP contribution < -0.4 is 0 Å². The molecular formula is C13H14ClNO5S. The molecule has 0 saturated heterocycles. The van der Waals surface area contributed by atoms with Gasteiger partial charge in [-0.05, 0) is 19.1 Å². The summed E-state index contributed by atoms with van der Waals surface area (Å²) in [5, 5.41) is 9.64. The first-order valence-electron chi connectivity index (χ1n) is 5.91. The molecule has 2 atom stereocenters. The zero-order valence-corrected chi connectivity index (χ0v) is 13.0. The van der Waals surface area contributed by atoms with Crippen LogP contribution in [-0.4, -0.2) is 37.7 Å². The molecule has 21 heavy (non-hydrogen) atoms. The van der Waals surface area contributed by atoms with Crippen molar-refractivity contribution in [2.45, 2.75) is 23.3 Å². The van der Waals surface area contributed by atoms with Crippen molar-refractivity contribution < 1.29 is 18.1 Å². The van der Waals surface area contributed by atoms with Crippen LogP contribution >= 0.6 is 11.6 Å². The maximum absolute atomic E-state index is 12.1. The van der Waals surface area contributed by atoms with Crippen molar-refractivity contribution in [2.24, 2.45) is 0 Å². The third-order valence-corrected chi connectivity index (χ3v) is 4.78. The molecule has 0 aliphatic heterocycles. The summed E-state index contributed by atoms with van der Waals surface area (Å²) in [4.78, 5) is 9.90. The van der Waals surface area contributed by atoms with Crippen molar-refractivity contribution >= 4 is 27.1 Å². The van der Waals surface area contributed by atoms with Crippen LogP contribution in [-0.2, 0) is 14.6 Å². The molecule has 0 aliphatic rings. The van der Waals surface area contributed by atoms with Gasteiger partial charge in [0.1, 0.15) is 11.5 Å². The van der Waals surface area contributed by atoms with E-state index in [1.807, 2.05) is 0 Å². The Balaban J connectivity index is 2.85. The first-order chi connectivity index (χ1) is 9.76. The van der Waals surface area contributed by atoms with Gasteiger partial charge in [-0.3, -0.25) is 10.1 Å². The van der Waals surface area contributed by atoms with E-state index in [0.29, 0.717) is 0 Å². The highest BCUT2D eigenvalue weighted by molar-refractivity contribution is 7.91. The quantitative estimate of drug-likeness (QED) is 0.356. The standard InChI is InChI=1S/C13H14ClNO5S/c1-10(20-2)3-4-11(14)9-21(18,19)13-7-5-12(6-8-13)15(16)17/h5-8,10-11H,9H2,1-2H3. The monoisotopic (exact) mass is 331 g/mol. The Morgan fingerprint density at radius 1 is 1.33 bits per heavy atom. The minimum absolute atomic E-state index is 0.0275. The molecule has 0 N–H and O–H groups in total. The lowest BCUT2D eigenvalue weighted by atomic mass is 10.3. The smallest absolute Gasteiger partial charge is 0.269 e. The molecule has 1 rings (SSSR count). The Bertz CT molecular complexity index is 660. The van der Waals surface area contributed by atoms with E-state index in [1.54, 1.807) is 6.92 Å². The third-order valence-electron chi connectivity index (χ3n) is 2.57. The van der Waals surface area contributed by atoms with E-state index < -0.39 is 20.1 Å². The van der Waals surface area contributed by atoms with E-state index in [2.05, 4.69) is 11.8 Å². The van der Waals surface area contributed by atoms with Gasteiger partial charge in [0.05, 0.1) is 15.6 Å². The number of nitro groups is 1. The largest absolute Gasteiger partial charge is 0.369 e. The van der Waals surface area contributed by atoms with Crippen LogP contribution in [0.3, 0.4) is 0 Å². The Labute approximate surface area is 128 Å². The number of alkyl halides is 1. The Hall–Kier alpha value is -1.62. The Kier molecular flexibility index (Phi) is 6.15. The first-order valence-corrected chi connectivity index (χ1v) is 8.00. The van der Waals surface area contributed by atoms with E-state index in [0.717, 1.165) is 12.1 Å². The number of sulfone groups is 1. The Morgan fingerprint density at radius 3 is 2.38 bits per heavy atom. The summed E-state index contributed by atoms with van der Waals surface area (Å²) < 4.78 is 29.1. The zero-order valence-electron chi connectivity index (χ0n) is 11.4. The summed E-state index contributed by atoms with van der Waals surface area (Å²) in [6, 6.07) is 4.63. The average Bonchev–Trinajstić information content (AvgIpc) is 2.44. The van der Waals surface area contributed by atoms with Gasteiger partial charge in [0.25, 0.3) is 5.69 Å². The van der Waals surface area contributed by atoms with Gasteiger partial charge in [-0.1, -0.05) is 11.8 Å². The summed E-state index contributed by atoms with van der Waals surface area (Å²) in [5.41, 5.74) is -0.176. The molecule has 0 heterocycles. The summed E-state index contributed by atoms with van der Waals surface area (Å²) in [5.74, 6) is 4.88. The molecule has 0 saturated carbocycles. The SMILES string of the molecule is COC(C)C#CC(Cl)CS(=O)(=O)c1ccc([N+](=O)[O-])cc1. The van der Waals surface area contributed by atoms with Crippen LogP contribution in [0.5, 0.6) is 0 Å². The van der Waals surface area contributed by atoms with E-state index in [9.17, 15) is 18.5 Å². The van der Waals surface area contributed by atoms with Crippen LogP contribution in [0.15, 0.2) is 29.2 Å². The number of non-ortho nitro benzene ring substituents is 1. The molecule has 0 amide bonds. The third kappa shape index (κ3) is 5.34. The minimum Gasteiger partial charge on any atom is -0.369 e. The fourth-order valence-corrected chi connectivity index (χ4v) is 3.14. The van der Waals surface area contributed by atoms with Crippen LogP contribution in [0.4, 0.5) is 5.69 Å². The molecular weight excluding hydrogens is 318 g/mol. The lowest BCUT2D eigenvalue weighted by Crippen LogP contribution is -2.16. The highest BCUT2D eigenvalue weighted by Gasteiger charge is 2.19. The van der Waals surface area contributed by atoms with Gasteiger partial charge in [0, 0.05) is 19.2 Å². The number of ether oxygens (including phenoxy) is 1. The molecule has 0 aromatic heterocycles. The van der Waals surface area contributed by atoms with Crippen molar-refractivity contribution in [3.05, 3.63) is 34.4 Å². The molecule has 114 valence electrons. The van der Waals surface area contributed by atoms with E-state index >= 15 is 0 Å². The van der Waals surface area contributed by atoms with Gasteiger partial charge in [-0.25, -0.2) is 8.42 Å². The van der Waals surface area contributed by atoms with Gasteiger partial charge in [0.2, 0.25) is 0 Å². The summed E-state index contributed by atoms with van der Waals surface area (Å²) in [7, 11) is -2.17. The zero-order chi connectivity index (χ0) is 16.0. The Morgan fingerprint density at radius 2 is 1.90 bits per heavy atom. The second-order valence-electron chi connectivity index (χ2n) is 4.17. The molecule has 6 nitrogen and oxygen atoms in total. The van der Waals surface area contributed by atoms with E-state index in [-0.39, 0.29) is 22.4 Å². The maximum atomic E-state index is 12.1. The van der Waals surface area contributed by atoms with Crippen molar-refractivity contribution in [1.82, 2.24) is 0 Å². The molecule has 0 bridgehead atoms. The number of hydrogen-bond donors (Lipinski definition) is 0. The number of nitrogens with zero attached hydrogens (tertiary/aromatic N) is 1. The highest BCUT2D eigenvalue weighted by Crippen LogP contribution is 2.18. The number of methoxy groups -OCH3 is 1. The number of nitro benzene ring substituents is 1. The molecule has 0 spiro atoms. The van der Waals surface area contributed by atoms with Crippen molar-refractivity contribution in [3.8, 4) is 11.8 Å². The number of hydrogen-bond acceptors (Lipinski definition) is 5. The van der Waals surface area contributed by atoms with E-state index in [1.165, 1.54) is 19.2 Å². The lowest BCUT2D eigenvalue weighted by molar-refractivity contribution is -0.384. The molecule has 0 fully saturated rings. The van der Waals surface area contributed by atoms with Crippen LogP contribution in [0.25, 0.3) is 0 Å². The van der Waals surface area contributed by atoms with Crippen LogP contribution in [0.1, 0.15) is 6.92 Å². The van der Waals surface area contributed by atoms with Crippen LogP contribution in [0, 0.1) is 22.0 Å². The highest BCUT2D eigenvalue weighted by atomic mass is 35.5. The summed E-state index contributed by atoms with van der Waals surface area (Å²) >= 11 is 5.88. The predicted molar refractivity (Wildman–Crippen MR) is 79.0 cm³/mol. The van der Waals surface area contributed by atoms with Gasteiger partial charge < -0.3 is 4.74 Å². The van der Waals surface area contributed by atoms with Gasteiger partial charge in [-0.15, -0.1) is 11.6 Å². The second kappa shape index (κ2) is 7.41. The van der Waals surface area contributed by atoms with Gasteiger partial charge in [0.15, 0.2) is 9.84 Å². The fourth-order valence-electron chi connectivity index (χ4n) is 1.37. The molecule has 1 aromatic carbocycles. The average molecular weight is 332 g/mol. The van der Waals surface area contributed by atoms with Crippen molar-refractivity contribution in [2.75, 3.05) is 12.9 Å². The van der Waals surface area contributed by atoms with Crippen LogP contribution in [0.2, 0.25) is 0 Å². The number of rotatable bonds is 5. The maximum Gasteiger partial charge on any atom is 0.269 e. The lowest BCUT2D eigenvalue weighted by Gasteiger charge is -2.05. The fraction of sp³-hybridized carbons (Fsp3) is 0.385. The first kappa shape index (κ1) is 17.4. The molecule has 1 aromatic rings. The normalized spacial score (nSPS) is 13.9. The molecule has 2 unspecified atom stereocenters. The van der Waals surface area contributed by atoms with Gasteiger partial charge >= 0.3 is 0 Å². The van der Waals surface area contributed by atoms with Gasteiger partial charge in [-0.2, -0.15) is 0 Å². The predicted octanol–water partition coefficient (Wildman–Crippen LogP) is 2.01. The second-order valence-corrected chi connectivity index (χ2v) is 6.73. The van der Waals surface area contributed by atoms with E-state index in [4.69, 9.17) is 16.3 Å². The van der Waals surface area contributed by atoms with Crippen molar-refractivity contribution in [3.63, 3.8) is 0 Å². The summed E-state index contributed by atoms with van der Waals surface area (Å²) in [6.45, 7) is 1.71. The molecule has 8 heteroatoms. The van der Waals surface area contributed by atoms with Crippen molar-refractivity contribution in [1.29, 1.82) is 0 Å². The number of benzene rings is 1. The molecule has 0 aliphatic carbocycles.